The molecule has 3 aromatic carbocycles. The van der Waals surface area contributed by atoms with E-state index >= 15 is 0 Å². The summed E-state index contributed by atoms with van der Waals surface area (Å²) in [5.41, 5.74) is 1.14. The molecule has 0 saturated carbocycles. The Balaban J connectivity index is 1.54. The Labute approximate surface area is 160 Å². The summed E-state index contributed by atoms with van der Waals surface area (Å²) >= 11 is 0. The molecule has 0 saturated heterocycles. The van der Waals surface area contributed by atoms with Crippen LogP contribution >= 0.6 is 0 Å². The molecule has 0 fully saturated rings. The molecule has 0 radical (unpaired) electrons. The molecule has 0 aliphatic heterocycles. The van der Waals surface area contributed by atoms with Gasteiger partial charge >= 0.3 is 0 Å². The molecule has 0 bridgehead atoms. The minimum absolute atomic E-state index is 0.127. The third kappa shape index (κ3) is 5.00. The summed E-state index contributed by atoms with van der Waals surface area (Å²) in [6.45, 7) is 4.81. The lowest BCUT2D eigenvalue weighted by Crippen LogP contribution is -2.39. The van der Waals surface area contributed by atoms with Crippen LogP contribution in [0.15, 0.2) is 66.7 Å². The molecular formula is C23H25NO3. The first-order valence-corrected chi connectivity index (χ1v) is 9.29. The molecule has 0 heterocycles. The highest BCUT2D eigenvalue weighted by Crippen LogP contribution is 2.26. The molecule has 0 aliphatic carbocycles. The first-order valence-electron chi connectivity index (χ1n) is 9.29. The molecule has 4 heteroatoms. The molecular weight excluding hydrogens is 338 g/mol. The summed E-state index contributed by atoms with van der Waals surface area (Å²) in [5.74, 6) is 1.41. The second-order valence-corrected chi connectivity index (χ2v) is 6.45. The summed E-state index contributed by atoms with van der Waals surface area (Å²) in [4.78, 5) is 12.5. The van der Waals surface area contributed by atoms with Gasteiger partial charge in [-0.25, -0.2) is 0 Å². The van der Waals surface area contributed by atoms with E-state index in [0.717, 1.165) is 27.8 Å². The van der Waals surface area contributed by atoms with E-state index in [9.17, 15) is 4.79 Å². The second kappa shape index (κ2) is 9.08. The van der Waals surface area contributed by atoms with Crippen LogP contribution in [0.5, 0.6) is 11.5 Å². The van der Waals surface area contributed by atoms with Crippen LogP contribution < -0.4 is 14.8 Å². The number of hydrogen-bond donors (Lipinski definition) is 1. The molecule has 3 rings (SSSR count). The van der Waals surface area contributed by atoms with Gasteiger partial charge in [0.05, 0.1) is 6.54 Å². The quantitative estimate of drug-likeness (QED) is 0.600. The maximum atomic E-state index is 12.5. The summed E-state index contributed by atoms with van der Waals surface area (Å²) in [6.07, 6.45) is 0.0584. The standard InChI is InChI=1S/C23H25NO3/c1-3-21(27-22-13-7-10-18-9-4-5-12-20(18)22)23(25)24-14-15-26-19-11-6-8-17(2)16-19/h4-13,16,21H,3,14-15H2,1-2H3,(H,24,25). The molecule has 140 valence electrons. The van der Waals surface area contributed by atoms with Crippen LogP contribution in [0.3, 0.4) is 0 Å². The SMILES string of the molecule is CCC(Oc1cccc2ccccc12)C(=O)NCCOc1cccc(C)c1. The van der Waals surface area contributed by atoms with Gasteiger partial charge in [-0.05, 0) is 42.5 Å². The van der Waals surface area contributed by atoms with E-state index in [0.29, 0.717) is 19.6 Å². The van der Waals surface area contributed by atoms with Crippen LogP contribution in [0.1, 0.15) is 18.9 Å². The van der Waals surface area contributed by atoms with Crippen LogP contribution in [-0.2, 0) is 4.79 Å². The van der Waals surface area contributed by atoms with Gasteiger partial charge in [0.25, 0.3) is 5.91 Å². The average Bonchev–Trinajstić information content (AvgIpc) is 2.69. The third-order valence-electron chi connectivity index (χ3n) is 4.34. The van der Waals surface area contributed by atoms with Crippen LogP contribution in [0.4, 0.5) is 0 Å². The molecule has 3 aromatic rings. The summed E-state index contributed by atoms with van der Waals surface area (Å²) in [7, 11) is 0. The molecule has 27 heavy (non-hydrogen) atoms. The minimum Gasteiger partial charge on any atom is -0.492 e. The Hall–Kier alpha value is -3.01. The minimum atomic E-state index is -0.533. The second-order valence-electron chi connectivity index (χ2n) is 6.45. The molecule has 1 unspecified atom stereocenters. The Morgan fingerprint density at radius 1 is 1.04 bits per heavy atom. The van der Waals surface area contributed by atoms with Crippen molar-refractivity contribution in [3.8, 4) is 11.5 Å². The monoisotopic (exact) mass is 363 g/mol. The van der Waals surface area contributed by atoms with Gasteiger partial charge in [-0.3, -0.25) is 4.79 Å². The zero-order valence-corrected chi connectivity index (χ0v) is 15.8. The molecule has 0 aromatic heterocycles. The van der Waals surface area contributed by atoms with Crippen molar-refractivity contribution in [2.24, 2.45) is 0 Å². The Morgan fingerprint density at radius 3 is 2.63 bits per heavy atom. The topological polar surface area (TPSA) is 47.6 Å². The number of fused-ring (bicyclic) bond motifs is 1. The Morgan fingerprint density at radius 2 is 1.81 bits per heavy atom. The van der Waals surface area contributed by atoms with E-state index in [1.165, 1.54) is 0 Å². The number of aryl methyl sites for hydroxylation is 1. The van der Waals surface area contributed by atoms with Crippen molar-refractivity contribution in [2.45, 2.75) is 26.4 Å². The normalized spacial score (nSPS) is 11.8. The average molecular weight is 363 g/mol. The first-order chi connectivity index (χ1) is 13.2. The van der Waals surface area contributed by atoms with Gasteiger partial charge in [-0.2, -0.15) is 0 Å². The predicted molar refractivity (Wildman–Crippen MR) is 108 cm³/mol. The van der Waals surface area contributed by atoms with Crippen LogP contribution in [0.2, 0.25) is 0 Å². The number of rotatable bonds is 8. The van der Waals surface area contributed by atoms with Gasteiger partial charge in [0.1, 0.15) is 18.1 Å². The summed E-state index contributed by atoms with van der Waals surface area (Å²) in [5, 5.41) is 5.00. The highest BCUT2D eigenvalue weighted by atomic mass is 16.5. The molecule has 1 N–H and O–H groups in total. The lowest BCUT2D eigenvalue weighted by molar-refractivity contribution is -0.128. The zero-order valence-electron chi connectivity index (χ0n) is 15.8. The number of nitrogens with one attached hydrogen (secondary N) is 1. The van der Waals surface area contributed by atoms with Crippen LogP contribution in [0.25, 0.3) is 10.8 Å². The lowest BCUT2D eigenvalue weighted by atomic mass is 10.1. The van der Waals surface area contributed by atoms with Gasteiger partial charge in [-0.1, -0.05) is 55.5 Å². The van der Waals surface area contributed by atoms with Gasteiger partial charge in [0.15, 0.2) is 6.10 Å². The third-order valence-corrected chi connectivity index (χ3v) is 4.34. The first kappa shape index (κ1) is 18.8. The largest absolute Gasteiger partial charge is 0.492 e. The highest BCUT2D eigenvalue weighted by Gasteiger charge is 2.18. The maximum Gasteiger partial charge on any atom is 0.261 e. The van der Waals surface area contributed by atoms with Gasteiger partial charge in [0.2, 0.25) is 0 Å². The van der Waals surface area contributed by atoms with Crippen molar-refractivity contribution in [1.29, 1.82) is 0 Å². The smallest absolute Gasteiger partial charge is 0.261 e. The van der Waals surface area contributed by atoms with Gasteiger partial charge in [-0.15, -0.1) is 0 Å². The molecule has 1 amide bonds. The van der Waals surface area contributed by atoms with Crippen LogP contribution in [0, 0.1) is 6.92 Å². The van der Waals surface area contributed by atoms with Crippen molar-refractivity contribution in [2.75, 3.05) is 13.2 Å². The Kier molecular flexibility index (Phi) is 6.31. The lowest BCUT2D eigenvalue weighted by Gasteiger charge is -2.18. The molecule has 4 nitrogen and oxygen atoms in total. The Bertz CT molecular complexity index is 902. The van der Waals surface area contributed by atoms with E-state index in [-0.39, 0.29) is 5.91 Å². The van der Waals surface area contributed by atoms with E-state index in [4.69, 9.17) is 9.47 Å². The highest BCUT2D eigenvalue weighted by molar-refractivity contribution is 5.89. The van der Waals surface area contributed by atoms with Crippen molar-refractivity contribution in [1.82, 2.24) is 5.32 Å². The number of carbonyl (C=O) groups excluding carboxylic acids is 1. The van der Waals surface area contributed by atoms with E-state index in [2.05, 4.69) is 5.32 Å². The number of hydrogen-bond acceptors (Lipinski definition) is 3. The fourth-order valence-electron chi connectivity index (χ4n) is 2.94. The fraction of sp³-hybridized carbons (Fsp3) is 0.261. The van der Waals surface area contributed by atoms with E-state index < -0.39 is 6.10 Å². The number of amides is 1. The maximum absolute atomic E-state index is 12.5. The van der Waals surface area contributed by atoms with E-state index in [1.807, 2.05) is 80.6 Å². The molecule has 0 spiro atoms. The van der Waals surface area contributed by atoms with Gasteiger partial charge in [0, 0.05) is 5.39 Å². The van der Waals surface area contributed by atoms with Crippen molar-refractivity contribution in [3.05, 3.63) is 72.3 Å². The number of benzene rings is 3. The van der Waals surface area contributed by atoms with Crippen molar-refractivity contribution in [3.63, 3.8) is 0 Å². The van der Waals surface area contributed by atoms with E-state index in [1.54, 1.807) is 0 Å². The summed E-state index contributed by atoms with van der Waals surface area (Å²) < 4.78 is 11.7. The van der Waals surface area contributed by atoms with Crippen molar-refractivity contribution >= 4 is 16.7 Å². The number of carbonyl (C=O) groups is 1. The zero-order chi connectivity index (χ0) is 19.1. The van der Waals surface area contributed by atoms with Gasteiger partial charge < -0.3 is 14.8 Å². The fourth-order valence-corrected chi connectivity index (χ4v) is 2.94. The molecule has 0 aliphatic rings. The van der Waals surface area contributed by atoms with Crippen LogP contribution in [-0.4, -0.2) is 25.2 Å². The molecule has 1 atom stereocenters. The summed E-state index contributed by atoms with van der Waals surface area (Å²) in [6, 6.07) is 21.7. The van der Waals surface area contributed by atoms with Crippen molar-refractivity contribution < 1.29 is 14.3 Å². The predicted octanol–water partition coefficient (Wildman–Crippen LogP) is 4.50. The number of ether oxygens (including phenoxy) is 2.